The Morgan fingerprint density at radius 2 is 2.31 bits per heavy atom. The zero-order valence-corrected chi connectivity index (χ0v) is 8.90. The van der Waals surface area contributed by atoms with Crippen molar-refractivity contribution in [2.75, 3.05) is 20.1 Å². The monoisotopic (exact) mass is 197 g/mol. The molecule has 0 bridgehead atoms. The summed E-state index contributed by atoms with van der Waals surface area (Å²) in [6.45, 7) is 4.41. The molecule has 72 valence electrons. The van der Waals surface area contributed by atoms with Gasteiger partial charge >= 0.3 is 0 Å². The van der Waals surface area contributed by atoms with Gasteiger partial charge in [0.1, 0.15) is 0 Å². The first-order chi connectivity index (χ1) is 6.22. The molecule has 2 heterocycles. The third-order valence-corrected chi connectivity index (χ3v) is 2.98. The van der Waals surface area contributed by atoms with Crippen molar-refractivity contribution in [2.24, 2.45) is 0 Å². The third kappa shape index (κ3) is 1.44. The summed E-state index contributed by atoms with van der Waals surface area (Å²) in [7, 11) is 2.14. The first-order valence-electron chi connectivity index (χ1n) is 4.69. The predicted molar refractivity (Wildman–Crippen MR) is 55.5 cm³/mol. The van der Waals surface area contributed by atoms with E-state index in [9.17, 15) is 0 Å². The molecule has 0 unspecified atom stereocenters. The molecule has 2 rings (SSSR count). The van der Waals surface area contributed by atoms with Crippen LogP contribution in [0.15, 0.2) is 6.20 Å². The van der Waals surface area contributed by atoms with Gasteiger partial charge in [0.15, 0.2) is 4.77 Å². The second-order valence-electron chi connectivity index (χ2n) is 3.68. The van der Waals surface area contributed by atoms with E-state index in [4.69, 9.17) is 12.2 Å². The van der Waals surface area contributed by atoms with Crippen LogP contribution in [0.25, 0.3) is 0 Å². The highest BCUT2D eigenvalue weighted by Crippen LogP contribution is 2.21. The van der Waals surface area contributed by atoms with Crippen molar-refractivity contribution in [2.45, 2.75) is 19.4 Å². The molecule has 0 radical (unpaired) electrons. The van der Waals surface area contributed by atoms with Crippen LogP contribution in [-0.2, 0) is 6.42 Å². The van der Waals surface area contributed by atoms with Gasteiger partial charge in [-0.05, 0) is 25.7 Å². The van der Waals surface area contributed by atoms with E-state index in [0.717, 1.165) is 24.3 Å². The number of aromatic amines is 1. The second-order valence-corrected chi connectivity index (χ2v) is 4.07. The van der Waals surface area contributed by atoms with Crippen LogP contribution in [0.5, 0.6) is 0 Å². The highest BCUT2D eigenvalue weighted by Gasteiger charge is 2.26. The van der Waals surface area contributed by atoms with E-state index in [1.807, 2.05) is 6.20 Å². The Kier molecular flexibility index (Phi) is 2.26. The summed E-state index contributed by atoms with van der Waals surface area (Å²) < 4.78 is 3.13. The lowest BCUT2D eigenvalue weighted by Gasteiger charge is -2.37. The van der Waals surface area contributed by atoms with Crippen molar-refractivity contribution in [1.82, 2.24) is 14.5 Å². The van der Waals surface area contributed by atoms with Gasteiger partial charge in [-0.2, -0.15) is 0 Å². The van der Waals surface area contributed by atoms with Gasteiger partial charge in [-0.3, -0.25) is 0 Å². The Morgan fingerprint density at radius 1 is 1.62 bits per heavy atom. The van der Waals surface area contributed by atoms with Crippen molar-refractivity contribution >= 4 is 12.2 Å². The number of nitrogens with one attached hydrogen (secondary N) is 1. The number of likely N-dealkylation sites (tertiary alicyclic amines) is 1. The Morgan fingerprint density at radius 3 is 2.85 bits per heavy atom. The molecule has 0 spiro atoms. The van der Waals surface area contributed by atoms with Crippen LogP contribution >= 0.6 is 12.2 Å². The summed E-state index contributed by atoms with van der Waals surface area (Å²) in [5.41, 5.74) is 1.32. The molecule has 1 aliphatic rings. The van der Waals surface area contributed by atoms with Crippen molar-refractivity contribution in [3.63, 3.8) is 0 Å². The first kappa shape index (κ1) is 8.97. The maximum atomic E-state index is 5.24. The van der Waals surface area contributed by atoms with Gasteiger partial charge in [-0.1, -0.05) is 6.92 Å². The standard InChI is InChI=1S/C9H15N3S/c1-3-7-4-10-9(13)12(7)8-5-11(2)6-8/h4,8H,3,5-6H2,1-2H3,(H,10,13). The molecule has 1 fully saturated rings. The minimum Gasteiger partial charge on any atom is -0.337 e. The molecule has 0 aromatic carbocycles. The summed E-state index contributed by atoms with van der Waals surface area (Å²) in [4.78, 5) is 5.42. The summed E-state index contributed by atoms with van der Waals surface area (Å²) in [6.07, 6.45) is 3.08. The fraction of sp³-hybridized carbons (Fsp3) is 0.667. The second kappa shape index (κ2) is 3.27. The van der Waals surface area contributed by atoms with Crippen LogP contribution in [0, 0.1) is 4.77 Å². The minimum absolute atomic E-state index is 0.596. The van der Waals surface area contributed by atoms with Crippen LogP contribution in [0.4, 0.5) is 0 Å². The van der Waals surface area contributed by atoms with Crippen molar-refractivity contribution < 1.29 is 0 Å². The lowest BCUT2D eigenvalue weighted by Crippen LogP contribution is -2.45. The fourth-order valence-electron chi connectivity index (χ4n) is 1.92. The normalized spacial score (nSPS) is 18.9. The van der Waals surface area contributed by atoms with Crippen LogP contribution < -0.4 is 0 Å². The van der Waals surface area contributed by atoms with Gasteiger partial charge in [0.25, 0.3) is 0 Å². The smallest absolute Gasteiger partial charge is 0.177 e. The quantitative estimate of drug-likeness (QED) is 0.728. The van der Waals surface area contributed by atoms with Gasteiger partial charge in [-0.15, -0.1) is 0 Å². The molecule has 1 aromatic heterocycles. The topological polar surface area (TPSA) is 24.0 Å². The van der Waals surface area contributed by atoms with Crippen LogP contribution in [-0.4, -0.2) is 34.6 Å². The minimum atomic E-state index is 0.596. The maximum Gasteiger partial charge on any atom is 0.177 e. The summed E-state index contributed by atoms with van der Waals surface area (Å²) >= 11 is 5.24. The molecule has 1 N–H and O–H groups in total. The van der Waals surface area contributed by atoms with Gasteiger partial charge in [0.05, 0.1) is 6.04 Å². The molecular weight excluding hydrogens is 182 g/mol. The molecule has 1 saturated heterocycles. The van der Waals surface area contributed by atoms with Gasteiger partial charge < -0.3 is 14.5 Å². The molecule has 1 aliphatic heterocycles. The number of hydrogen-bond donors (Lipinski definition) is 1. The molecular formula is C9H15N3S. The lowest BCUT2D eigenvalue weighted by atomic mass is 10.1. The van der Waals surface area contributed by atoms with Gasteiger partial charge in [0.2, 0.25) is 0 Å². The molecule has 4 heteroatoms. The van der Waals surface area contributed by atoms with E-state index in [1.165, 1.54) is 5.69 Å². The number of aromatic nitrogens is 2. The summed E-state index contributed by atoms with van der Waals surface area (Å²) in [5, 5.41) is 0. The Bertz CT molecular complexity index is 346. The number of likely N-dealkylation sites (N-methyl/N-ethyl adjacent to an activating group) is 1. The van der Waals surface area contributed by atoms with E-state index in [1.54, 1.807) is 0 Å². The number of rotatable bonds is 2. The van der Waals surface area contributed by atoms with E-state index in [0.29, 0.717) is 6.04 Å². The van der Waals surface area contributed by atoms with Crippen molar-refractivity contribution in [1.29, 1.82) is 0 Å². The van der Waals surface area contributed by atoms with Gasteiger partial charge in [0, 0.05) is 25.0 Å². The van der Waals surface area contributed by atoms with E-state index < -0.39 is 0 Å². The van der Waals surface area contributed by atoms with Crippen LogP contribution in [0.1, 0.15) is 18.7 Å². The predicted octanol–water partition coefficient (Wildman–Crippen LogP) is 1.59. The fourth-order valence-corrected chi connectivity index (χ4v) is 2.24. The number of H-pyrrole nitrogens is 1. The van der Waals surface area contributed by atoms with E-state index >= 15 is 0 Å². The zero-order chi connectivity index (χ0) is 9.42. The van der Waals surface area contributed by atoms with Crippen LogP contribution in [0.2, 0.25) is 0 Å². The van der Waals surface area contributed by atoms with Crippen molar-refractivity contribution in [3.8, 4) is 0 Å². The average Bonchev–Trinajstić information content (AvgIpc) is 2.41. The molecule has 1 aromatic rings. The molecule has 0 saturated carbocycles. The highest BCUT2D eigenvalue weighted by molar-refractivity contribution is 7.71. The third-order valence-electron chi connectivity index (χ3n) is 2.66. The average molecular weight is 197 g/mol. The number of nitrogens with zero attached hydrogens (tertiary/aromatic N) is 2. The summed E-state index contributed by atoms with van der Waals surface area (Å²) in [5.74, 6) is 0. The van der Waals surface area contributed by atoms with Crippen molar-refractivity contribution in [3.05, 3.63) is 16.7 Å². The Labute approximate surface area is 83.4 Å². The maximum absolute atomic E-state index is 5.24. The zero-order valence-electron chi connectivity index (χ0n) is 8.08. The number of imidazole rings is 1. The molecule has 3 nitrogen and oxygen atoms in total. The van der Waals surface area contributed by atoms with Gasteiger partial charge in [-0.25, -0.2) is 0 Å². The largest absolute Gasteiger partial charge is 0.337 e. The molecule has 0 aliphatic carbocycles. The number of aryl methyl sites for hydroxylation is 1. The van der Waals surface area contributed by atoms with E-state index in [2.05, 4.69) is 28.4 Å². The molecule has 0 atom stereocenters. The molecule has 13 heavy (non-hydrogen) atoms. The SMILES string of the molecule is CCc1c[nH]c(=S)n1C1CN(C)C1. The highest BCUT2D eigenvalue weighted by atomic mass is 32.1. The Balaban J connectivity index is 2.28. The number of hydrogen-bond acceptors (Lipinski definition) is 2. The van der Waals surface area contributed by atoms with E-state index in [-0.39, 0.29) is 0 Å². The summed E-state index contributed by atoms with van der Waals surface area (Å²) in [6, 6.07) is 0.596. The first-order valence-corrected chi connectivity index (χ1v) is 5.10. The molecule has 0 amide bonds. The van der Waals surface area contributed by atoms with Crippen LogP contribution in [0.3, 0.4) is 0 Å². The Hall–Kier alpha value is -0.610. The lowest BCUT2D eigenvalue weighted by molar-refractivity contribution is 0.137.